The predicted octanol–water partition coefficient (Wildman–Crippen LogP) is 1.48. The lowest BCUT2D eigenvalue weighted by Crippen LogP contribution is -2.40. The summed E-state index contributed by atoms with van der Waals surface area (Å²) in [6, 6.07) is 4.15. The smallest absolute Gasteiger partial charge is 0.244 e. The number of halogens is 1. The number of ether oxygens (including phenoxy) is 1. The number of hydrogen-bond donors (Lipinski definition) is 2. The van der Waals surface area contributed by atoms with Gasteiger partial charge in [0.05, 0.1) is 18.6 Å². The molecule has 0 saturated heterocycles. The minimum Gasteiger partial charge on any atom is -0.497 e. The van der Waals surface area contributed by atoms with Crippen LogP contribution in [0.5, 0.6) is 5.75 Å². The summed E-state index contributed by atoms with van der Waals surface area (Å²) in [5.41, 5.74) is 5.21. The van der Waals surface area contributed by atoms with Gasteiger partial charge < -0.3 is 10.5 Å². The van der Waals surface area contributed by atoms with E-state index in [1.807, 2.05) is 13.8 Å². The Morgan fingerprint density at radius 2 is 1.81 bits per heavy atom. The number of sulfonamides is 2. The monoisotopic (exact) mass is 429 g/mol. The maximum atomic E-state index is 12.9. The minimum atomic E-state index is -3.92. The lowest BCUT2D eigenvalue weighted by molar-refractivity contribution is 0.292. The quantitative estimate of drug-likeness (QED) is 0.613. The summed E-state index contributed by atoms with van der Waals surface area (Å²) in [5, 5.41) is 0. The van der Waals surface area contributed by atoms with Crippen LogP contribution in [0.3, 0.4) is 0 Å². The van der Waals surface area contributed by atoms with E-state index < -0.39 is 25.5 Å². The molecule has 0 fully saturated rings. The van der Waals surface area contributed by atoms with Crippen molar-refractivity contribution in [1.29, 1.82) is 0 Å². The Hall–Kier alpha value is -1.07. The van der Waals surface area contributed by atoms with Gasteiger partial charge in [-0.2, -0.15) is 0 Å². The summed E-state index contributed by atoms with van der Waals surface area (Å²) in [5.74, 6) is 0.164. The molecule has 1 aromatic carbocycles. The van der Waals surface area contributed by atoms with Crippen LogP contribution >= 0.6 is 12.4 Å². The molecular formula is C15H28ClN3O5S2. The van der Waals surface area contributed by atoms with Crippen LogP contribution in [-0.4, -0.2) is 54.1 Å². The Balaban J connectivity index is 0.00000625. The van der Waals surface area contributed by atoms with Crippen molar-refractivity contribution in [3.8, 4) is 5.75 Å². The predicted molar refractivity (Wildman–Crippen MR) is 106 cm³/mol. The number of benzene rings is 1. The molecule has 3 N–H and O–H groups in total. The second-order valence-electron chi connectivity index (χ2n) is 6.50. The fourth-order valence-electron chi connectivity index (χ4n) is 2.10. The number of nitrogens with zero attached hydrogens (tertiary/aromatic N) is 1. The van der Waals surface area contributed by atoms with Crippen LogP contribution in [0.15, 0.2) is 23.1 Å². The van der Waals surface area contributed by atoms with Crippen molar-refractivity contribution in [3.63, 3.8) is 0 Å². The maximum Gasteiger partial charge on any atom is 0.244 e. The molecule has 0 spiro atoms. The molecule has 1 aromatic rings. The topological polar surface area (TPSA) is 119 Å². The molecule has 8 nitrogen and oxygen atoms in total. The van der Waals surface area contributed by atoms with E-state index in [0.717, 1.165) is 0 Å². The molecule has 11 heteroatoms. The minimum absolute atomic E-state index is 0. The van der Waals surface area contributed by atoms with Gasteiger partial charge in [0, 0.05) is 19.7 Å². The first-order valence-corrected chi connectivity index (χ1v) is 10.8. The number of rotatable bonds is 9. The van der Waals surface area contributed by atoms with Crippen LogP contribution < -0.4 is 15.2 Å². The van der Waals surface area contributed by atoms with Gasteiger partial charge >= 0.3 is 0 Å². The van der Waals surface area contributed by atoms with E-state index in [0.29, 0.717) is 12.3 Å². The number of anilines is 1. The van der Waals surface area contributed by atoms with E-state index in [-0.39, 0.29) is 35.3 Å². The molecule has 0 saturated carbocycles. The first kappa shape index (κ1) is 24.9. The van der Waals surface area contributed by atoms with E-state index in [1.165, 1.54) is 43.6 Å². The molecule has 152 valence electrons. The van der Waals surface area contributed by atoms with Gasteiger partial charge in [-0.25, -0.2) is 21.1 Å². The summed E-state index contributed by atoms with van der Waals surface area (Å²) in [4.78, 5) is -0.138. The van der Waals surface area contributed by atoms with Gasteiger partial charge in [-0.3, -0.25) is 4.72 Å². The summed E-state index contributed by atoms with van der Waals surface area (Å²) in [7, 11) is -4.72. The molecule has 0 heterocycles. The lowest BCUT2D eigenvalue weighted by Gasteiger charge is -2.29. The average molecular weight is 430 g/mol. The first-order valence-electron chi connectivity index (χ1n) is 7.73. The molecule has 0 aliphatic heterocycles. The van der Waals surface area contributed by atoms with Gasteiger partial charge in [-0.1, -0.05) is 13.8 Å². The van der Waals surface area contributed by atoms with Gasteiger partial charge in [0.25, 0.3) is 0 Å². The summed E-state index contributed by atoms with van der Waals surface area (Å²) < 4.78 is 58.2. The average Bonchev–Trinajstić information content (AvgIpc) is 2.53. The van der Waals surface area contributed by atoms with Crippen molar-refractivity contribution in [2.75, 3.05) is 37.7 Å². The van der Waals surface area contributed by atoms with E-state index in [9.17, 15) is 16.8 Å². The highest BCUT2D eigenvalue weighted by Gasteiger charge is 2.30. The van der Waals surface area contributed by atoms with Gasteiger partial charge in [0.2, 0.25) is 20.0 Å². The maximum absolute atomic E-state index is 12.9. The lowest BCUT2D eigenvalue weighted by atomic mass is 9.94. The molecule has 1 rings (SSSR count). The van der Waals surface area contributed by atoms with Crippen molar-refractivity contribution in [2.24, 2.45) is 11.1 Å². The number of nitrogens with one attached hydrogen (secondary N) is 1. The van der Waals surface area contributed by atoms with E-state index in [2.05, 4.69) is 4.72 Å². The highest BCUT2D eigenvalue weighted by Crippen LogP contribution is 2.30. The summed E-state index contributed by atoms with van der Waals surface area (Å²) in [6.07, 6.45) is 0. The van der Waals surface area contributed by atoms with Crippen LogP contribution in [0.25, 0.3) is 0 Å². The normalized spacial score (nSPS) is 12.6. The van der Waals surface area contributed by atoms with Crippen LogP contribution in [0.2, 0.25) is 0 Å². The van der Waals surface area contributed by atoms with Gasteiger partial charge in [-0.05, 0) is 31.0 Å². The third-order valence-electron chi connectivity index (χ3n) is 3.72. The standard InChI is InChI=1S/C15H27N3O5S2.ClH/c1-6-24(19,20)17-13-9-12(23-5)7-8-14(13)25(21,22)18(4)11-15(2,3)10-16;/h7-9,17H,6,10-11,16H2,1-5H3;1H. The van der Waals surface area contributed by atoms with Gasteiger partial charge in [0.1, 0.15) is 10.6 Å². The van der Waals surface area contributed by atoms with Crippen molar-refractivity contribution < 1.29 is 21.6 Å². The number of methoxy groups -OCH3 is 1. The summed E-state index contributed by atoms with van der Waals surface area (Å²) >= 11 is 0. The van der Waals surface area contributed by atoms with Crippen LogP contribution in [0.1, 0.15) is 20.8 Å². The van der Waals surface area contributed by atoms with Crippen molar-refractivity contribution in [2.45, 2.75) is 25.7 Å². The summed E-state index contributed by atoms with van der Waals surface area (Å²) in [6.45, 7) is 5.68. The second-order valence-corrected chi connectivity index (χ2v) is 10.5. The van der Waals surface area contributed by atoms with E-state index in [1.54, 1.807) is 0 Å². The Morgan fingerprint density at radius 1 is 1.23 bits per heavy atom. The number of nitrogens with two attached hydrogens (primary N) is 1. The molecule has 0 atom stereocenters. The largest absolute Gasteiger partial charge is 0.497 e. The molecule has 0 radical (unpaired) electrons. The fourth-order valence-corrected chi connectivity index (χ4v) is 4.30. The second kappa shape index (κ2) is 9.23. The molecule has 26 heavy (non-hydrogen) atoms. The molecule has 0 aliphatic rings. The molecule has 0 aliphatic carbocycles. The highest BCUT2D eigenvalue weighted by atomic mass is 35.5. The molecule has 0 unspecified atom stereocenters. The van der Waals surface area contributed by atoms with Gasteiger partial charge in [-0.15, -0.1) is 12.4 Å². The van der Waals surface area contributed by atoms with Crippen molar-refractivity contribution >= 4 is 38.1 Å². The Kier molecular flexibility index (Phi) is 8.85. The number of hydrogen-bond acceptors (Lipinski definition) is 6. The highest BCUT2D eigenvalue weighted by molar-refractivity contribution is 7.93. The zero-order valence-electron chi connectivity index (χ0n) is 15.6. The van der Waals surface area contributed by atoms with Crippen LogP contribution in [0.4, 0.5) is 5.69 Å². The van der Waals surface area contributed by atoms with Crippen molar-refractivity contribution in [3.05, 3.63) is 18.2 Å². The van der Waals surface area contributed by atoms with E-state index >= 15 is 0 Å². The Bertz CT molecular complexity index is 811. The van der Waals surface area contributed by atoms with Crippen molar-refractivity contribution in [1.82, 2.24) is 4.31 Å². The zero-order valence-corrected chi connectivity index (χ0v) is 18.1. The Labute approximate surface area is 162 Å². The fraction of sp³-hybridized carbons (Fsp3) is 0.600. The molecule has 0 amide bonds. The van der Waals surface area contributed by atoms with Crippen LogP contribution in [0, 0.1) is 5.41 Å². The first-order chi connectivity index (χ1) is 11.4. The third kappa shape index (κ3) is 6.27. The zero-order chi connectivity index (χ0) is 19.5. The third-order valence-corrected chi connectivity index (χ3v) is 6.88. The Morgan fingerprint density at radius 3 is 2.27 bits per heavy atom. The van der Waals surface area contributed by atoms with Gasteiger partial charge in [0.15, 0.2) is 0 Å². The van der Waals surface area contributed by atoms with E-state index in [4.69, 9.17) is 10.5 Å². The molecule has 0 bridgehead atoms. The molecular weight excluding hydrogens is 402 g/mol. The molecule has 0 aromatic heterocycles. The SMILES string of the molecule is CCS(=O)(=O)Nc1cc(OC)ccc1S(=O)(=O)N(C)CC(C)(C)CN.Cl. The van der Waals surface area contributed by atoms with Crippen LogP contribution in [-0.2, 0) is 20.0 Å².